The maximum Gasteiger partial charge on any atom is 0.573 e. The zero-order chi connectivity index (χ0) is 12.2. The smallest absolute Gasteiger partial charge is 0.406 e. The highest BCUT2D eigenvalue weighted by Crippen LogP contribution is 2.27. The van der Waals surface area contributed by atoms with Crippen molar-refractivity contribution in [2.45, 2.75) is 12.9 Å². The fourth-order valence-corrected chi connectivity index (χ4v) is 1.00. The molecule has 0 saturated heterocycles. The molecule has 0 aliphatic rings. The summed E-state index contributed by atoms with van der Waals surface area (Å²) in [7, 11) is 0. The SMILES string of the molecule is [N-]=[N+]=NCc1cc(F)ccc1OC(F)(F)F. The van der Waals surface area contributed by atoms with Crippen LogP contribution in [0.2, 0.25) is 0 Å². The van der Waals surface area contributed by atoms with E-state index in [-0.39, 0.29) is 5.56 Å². The summed E-state index contributed by atoms with van der Waals surface area (Å²) in [6, 6.07) is 2.46. The van der Waals surface area contributed by atoms with Gasteiger partial charge in [0.25, 0.3) is 0 Å². The molecule has 0 spiro atoms. The molecule has 0 radical (unpaired) electrons. The van der Waals surface area contributed by atoms with Crippen molar-refractivity contribution < 1.29 is 22.3 Å². The molecule has 0 atom stereocenters. The van der Waals surface area contributed by atoms with Crippen molar-refractivity contribution in [3.63, 3.8) is 0 Å². The normalized spacial score (nSPS) is 10.8. The number of halogens is 4. The van der Waals surface area contributed by atoms with Crippen LogP contribution >= 0.6 is 0 Å². The maximum atomic E-state index is 12.7. The molecule has 16 heavy (non-hydrogen) atoms. The lowest BCUT2D eigenvalue weighted by atomic mass is 10.2. The minimum absolute atomic E-state index is 0.171. The van der Waals surface area contributed by atoms with Gasteiger partial charge in [-0.3, -0.25) is 0 Å². The van der Waals surface area contributed by atoms with Gasteiger partial charge in [-0.1, -0.05) is 5.11 Å². The van der Waals surface area contributed by atoms with E-state index in [1.165, 1.54) is 0 Å². The number of rotatable bonds is 3. The Morgan fingerprint density at radius 1 is 1.38 bits per heavy atom. The van der Waals surface area contributed by atoms with Crippen LogP contribution in [0.25, 0.3) is 10.4 Å². The third-order valence-corrected chi connectivity index (χ3v) is 1.55. The molecule has 0 saturated carbocycles. The van der Waals surface area contributed by atoms with Gasteiger partial charge < -0.3 is 4.74 Å². The lowest BCUT2D eigenvalue weighted by Gasteiger charge is -2.11. The topological polar surface area (TPSA) is 58.0 Å². The highest BCUT2D eigenvalue weighted by Gasteiger charge is 2.32. The Kier molecular flexibility index (Phi) is 3.57. The zero-order valence-corrected chi connectivity index (χ0v) is 7.70. The molecule has 86 valence electrons. The van der Waals surface area contributed by atoms with Crippen LogP contribution in [-0.4, -0.2) is 6.36 Å². The summed E-state index contributed by atoms with van der Waals surface area (Å²) in [6.07, 6.45) is -4.87. The Balaban J connectivity index is 3.02. The molecule has 4 nitrogen and oxygen atoms in total. The number of ether oxygens (including phenoxy) is 1. The maximum absolute atomic E-state index is 12.7. The Morgan fingerprint density at radius 2 is 2.06 bits per heavy atom. The lowest BCUT2D eigenvalue weighted by Crippen LogP contribution is -2.18. The van der Waals surface area contributed by atoms with Crippen molar-refractivity contribution in [3.8, 4) is 5.75 Å². The Labute approximate surface area is 87.1 Å². The van der Waals surface area contributed by atoms with Crippen LogP contribution in [0.15, 0.2) is 23.3 Å². The molecule has 0 aromatic heterocycles. The quantitative estimate of drug-likeness (QED) is 0.342. The van der Waals surface area contributed by atoms with Gasteiger partial charge in [0.1, 0.15) is 11.6 Å². The average Bonchev–Trinajstić information content (AvgIpc) is 2.16. The van der Waals surface area contributed by atoms with Crippen molar-refractivity contribution >= 4 is 0 Å². The summed E-state index contributed by atoms with van der Waals surface area (Å²) >= 11 is 0. The number of hydrogen-bond acceptors (Lipinski definition) is 2. The van der Waals surface area contributed by atoms with Crippen LogP contribution in [0, 0.1) is 5.82 Å². The van der Waals surface area contributed by atoms with Gasteiger partial charge in [-0.15, -0.1) is 13.2 Å². The highest BCUT2D eigenvalue weighted by atomic mass is 19.4. The Hall–Kier alpha value is -1.95. The minimum Gasteiger partial charge on any atom is -0.406 e. The molecule has 8 heteroatoms. The van der Waals surface area contributed by atoms with Crippen LogP contribution in [0.1, 0.15) is 5.56 Å². The van der Waals surface area contributed by atoms with Gasteiger partial charge >= 0.3 is 6.36 Å². The van der Waals surface area contributed by atoms with Gasteiger partial charge in [0.15, 0.2) is 0 Å². The first-order valence-corrected chi connectivity index (χ1v) is 3.97. The summed E-state index contributed by atoms with van der Waals surface area (Å²) in [4.78, 5) is 2.36. The van der Waals surface area contributed by atoms with Crippen LogP contribution < -0.4 is 4.74 Å². The number of nitrogens with zero attached hydrogens (tertiary/aromatic N) is 3. The first-order valence-electron chi connectivity index (χ1n) is 3.97. The molecule has 1 aromatic rings. The van der Waals surface area contributed by atoms with Gasteiger partial charge in [-0.05, 0) is 23.7 Å². The van der Waals surface area contributed by atoms with Gasteiger partial charge in [-0.25, -0.2) is 4.39 Å². The van der Waals surface area contributed by atoms with Crippen molar-refractivity contribution in [1.29, 1.82) is 0 Å². The molecular formula is C8H5F4N3O. The van der Waals surface area contributed by atoms with Crippen LogP contribution in [0.5, 0.6) is 5.75 Å². The fraction of sp³-hybridized carbons (Fsp3) is 0.250. The molecule has 0 N–H and O–H groups in total. The highest BCUT2D eigenvalue weighted by molar-refractivity contribution is 5.34. The van der Waals surface area contributed by atoms with Gasteiger partial charge in [0, 0.05) is 10.5 Å². The molecular weight excluding hydrogens is 230 g/mol. The Bertz CT molecular complexity index is 426. The van der Waals surface area contributed by atoms with Gasteiger partial charge in [-0.2, -0.15) is 0 Å². The van der Waals surface area contributed by atoms with E-state index in [9.17, 15) is 17.6 Å². The molecule has 0 bridgehead atoms. The summed E-state index contributed by atoms with van der Waals surface area (Å²) in [6.45, 7) is -0.417. The van der Waals surface area contributed by atoms with Gasteiger partial charge in [0.05, 0.1) is 6.54 Å². The van der Waals surface area contributed by atoms with Crippen molar-refractivity contribution in [2.75, 3.05) is 0 Å². The largest absolute Gasteiger partial charge is 0.573 e. The van der Waals surface area contributed by atoms with Crippen LogP contribution in [0.4, 0.5) is 17.6 Å². The van der Waals surface area contributed by atoms with E-state index in [0.29, 0.717) is 0 Å². The molecule has 1 rings (SSSR count). The molecule has 0 amide bonds. The Morgan fingerprint density at radius 3 is 2.62 bits per heavy atom. The summed E-state index contributed by atoms with van der Waals surface area (Å²) in [5, 5.41) is 3.04. The van der Waals surface area contributed by atoms with E-state index in [1.807, 2.05) is 0 Å². The molecule has 0 heterocycles. The average molecular weight is 235 g/mol. The number of hydrogen-bond donors (Lipinski definition) is 0. The van der Waals surface area contributed by atoms with E-state index in [1.54, 1.807) is 0 Å². The van der Waals surface area contributed by atoms with E-state index < -0.39 is 24.5 Å². The van der Waals surface area contributed by atoms with Crippen LogP contribution in [-0.2, 0) is 6.54 Å². The van der Waals surface area contributed by atoms with Crippen molar-refractivity contribution in [1.82, 2.24) is 0 Å². The van der Waals surface area contributed by atoms with Crippen molar-refractivity contribution in [3.05, 3.63) is 40.0 Å². The van der Waals surface area contributed by atoms with E-state index in [0.717, 1.165) is 18.2 Å². The van der Waals surface area contributed by atoms with Gasteiger partial charge in [0.2, 0.25) is 0 Å². The second-order valence-electron chi connectivity index (χ2n) is 2.69. The minimum atomic E-state index is -4.87. The molecule has 0 aliphatic heterocycles. The molecule has 0 unspecified atom stereocenters. The van der Waals surface area contributed by atoms with Crippen LogP contribution in [0.3, 0.4) is 0 Å². The second kappa shape index (κ2) is 4.71. The van der Waals surface area contributed by atoms with Crippen molar-refractivity contribution in [2.24, 2.45) is 5.11 Å². The van der Waals surface area contributed by atoms with E-state index in [2.05, 4.69) is 14.8 Å². The number of azide groups is 1. The first-order chi connectivity index (χ1) is 7.42. The number of benzene rings is 1. The van der Waals surface area contributed by atoms with E-state index in [4.69, 9.17) is 5.53 Å². The first kappa shape index (κ1) is 12.1. The molecule has 0 fully saturated rings. The standard InChI is InChI=1S/C8H5F4N3O/c9-6-1-2-7(16-8(10,11)12)5(3-6)4-14-15-13/h1-3H,4H2. The monoisotopic (exact) mass is 235 g/mol. The van der Waals surface area contributed by atoms with E-state index >= 15 is 0 Å². The summed E-state index contributed by atoms with van der Waals surface area (Å²) < 4.78 is 52.1. The zero-order valence-electron chi connectivity index (χ0n) is 7.70. The molecule has 0 aliphatic carbocycles. The number of alkyl halides is 3. The summed E-state index contributed by atoms with van der Waals surface area (Å²) in [5.41, 5.74) is 7.85. The third-order valence-electron chi connectivity index (χ3n) is 1.55. The summed E-state index contributed by atoms with van der Waals surface area (Å²) in [5.74, 6) is -1.32. The molecule has 1 aromatic carbocycles. The fourth-order valence-electron chi connectivity index (χ4n) is 1.00. The predicted molar refractivity (Wildman–Crippen MR) is 45.9 cm³/mol. The third kappa shape index (κ3) is 3.66. The lowest BCUT2D eigenvalue weighted by molar-refractivity contribution is -0.274. The predicted octanol–water partition coefficient (Wildman–Crippen LogP) is 3.53. The second-order valence-corrected chi connectivity index (χ2v) is 2.69.